The highest BCUT2D eigenvalue weighted by molar-refractivity contribution is 9.10. The van der Waals surface area contributed by atoms with Gasteiger partial charge in [-0.2, -0.15) is 10.5 Å². The Balaban J connectivity index is 1.82. The summed E-state index contributed by atoms with van der Waals surface area (Å²) in [6, 6.07) is 17.2. The molecule has 0 saturated heterocycles. The molecule has 0 bridgehead atoms. The van der Waals surface area contributed by atoms with Crippen LogP contribution in [0.5, 0.6) is 5.75 Å². The van der Waals surface area contributed by atoms with Crippen LogP contribution in [0.3, 0.4) is 0 Å². The molecule has 0 fully saturated rings. The molecule has 2 aromatic rings. The van der Waals surface area contributed by atoms with E-state index in [-0.39, 0.29) is 12.4 Å². The highest BCUT2D eigenvalue weighted by Crippen LogP contribution is 2.47. The zero-order chi connectivity index (χ0) is 22.8. The summed E-state index contributed by atoms with van der Waals surface area (Å²) >= 11 is 3.51. The number of carbonyl (C=O) groups is 1. The van der Waals surface area contributed by atoms with Crippen molar-refractivity contribution in [2.24, 2.45) is 5.73 Å². The predicted octanol–water partition coefficient (Wildman–Crippen LogP) is 4.63. The van der Waals surface area contributed by atoms with Crippen LogP contribution in [0.15, 0.2) is 69.6 Å². The molecular weight excluding hydrogens is 468 g/mol. The molecule has 32 heavy (non-hydrogen) atoms. The molecule has 4 rings (SSSR count). The van der Waals surface area contributed by atoms with E-state index in [0.29, 0.717) is 40.3 Å². The normalized spacial score (nSPS) is 18.2. The average Bonchev–Trinajstić information content (AvgIpc) is 2.80. The van der Waals surface area contributed by atoms with Crippen LogP contribution in [0, 0.1) is 22.7 Å². The fraction of sp³-hybridized carbons (Fsp3) is 0.240. The second-order valence-electron chi connectivity index (χ2n) is 7.78. The van der Waals surface area contributed by atoms with E-state index in [1.54, 1.807) is 24.1 Å². The van der Waals surface area contributed by atoms with Crippen molar-refractivity contribution in [1.82, 2.24) is 4.90 Å². The topological polar surface area (TPSA) is 103 Å². The molecule has 0 radical (unpaired) electrons. The van der Waals surface area contributed by atoms with Gasteiger partial charge in [0.25, 0.3) is 0 Å². The lowest BCUT2D eigenvalue weighted by Crippen LogP contribution is -2.36. The molecule has 2 aliphatic rings. The van der Waals surface area contributed by atoms with Crippen molar-refractivity contribution < 1.29 is 9.53 Å². The first-order valence-electron chi connectivity index (χ1n) is 10.3. The van der Waals surface area contributed by atoms with Gasteiger partial charge in [0.2, 0.25) is 0 Å². The van der Waals surface area contributed by atoms with Gasteiger partial charge in [0.1, 0.15) is 18.2 Å². The second kappa shape index (κ2) is 8.90. The van der Waals surface area contributed by atoms with E-state index >= 15 is 0 Å². The Kier molecular flexibility index (Phi) is 6.03. The summed E-state index contributed by atoms with van der Waals surface area (Å²) in [7, 11) is 1.80. The first-order chi connectivity index (χ1) is 15.5. The molecule has 0 amide bonds. The van der Waals surface area contributed by atoms with Crippen molar-refractivity contribution in [3.63, 3.8) is 0 Å². The van der Waals surface area contributed by atoms with Gasteiger partial charge in [-0.15, -0.1) is 0 Å². The number of carbonyl (C=O) groups excluding carboxylic acids is 1. The minimum atomic E-state index is -0.599. The highest BCUT2D eigenvalue weighted by atomic mass is 79.9. The number of halogens is 1. The molecule has 0 aromatic heterocycles. The summed E-state index contributed by atoms with van der Waals surface area (Å²) in [6.07, 6.45) is 1.94. The number of nitrogens with zero attached hydrogens (tertiary/aromatic N) is 3. The van der Waals surface area contributed by atoms with E-state index in [2.05, 4.69) is 28.1 Å². The molecule has 0 saturated carbocycles. The van der Waals surface area contributed by atoms with Gasteiger partial charge in [0.05, 0.1) is 29.2 Å². The number of ketones is 1. The van der Waals surface area contributed by atoms with Crippen molar-refractivity contribution in [3.05, 3.63) is 86.3 Å². The van der Waals surface area contributed by atoms with Gasteiger partial charge < -0.3 is 15.4 Å². The number of hydrogen-bond donors (Lipinski definition) is 1. The lowest BCUT2D eigenvalue weighted by atomic mass is 9.75. The van der Waals surface area contributed by atoms with Crippen LogP contribution in [-0.2, 0) is 11.4 Å². The number of nitriles is 2. The number of benzene rings is 2. The van der Waals surface area contributed by atoms with Gasteiger partial charge in [0.15, 0.2) is 5.78 Å². The van der Waals surface area contributed by atoms with Crippen LogP contribution in [0.25, 0.3) is 0 Å². The van der Waals surface area contributed by atoms with Crippen molar-refractivity contribution in [1.29, 1.82) is 10.5 Å². The quantitative estimate of drug-likeness (QED) is 0.672. The minimum Gasteiger partial charge on any atom is -0.489 e. The SMILES string of the molecule is CN1C(N)=C(C#N)[C@@H](c2cc(Br)ccc2OCc2ccccc2C#N)C2=C1CCCC2=O. The highest BCUT2D eigenvalue weighted by Gasteiger charge is 2.39. The minimum absolute atomic E-state index is 0.0316. The van der Waals surface area contributed by atoms with Crippen LogP contribution in [0.1, 0.15) is 41.9 Å². The molecule has 1 atom stereocenters. The van der Waals surface area contributed by atoms with Crippen LogP contribution < -0.4 is 10.5 Å². The number of Topliss-reactive ketones (excluding diaryl/α,β-unsaturated/α-hetero) is 1. The largest absolute Gasteiger partial charge is 0.489 e. The number of hydrogen-bond acceptors (Lipinski definition) is 6. The van der Waals surface area contributed by atoms with Crippen molar-refractivity contribution in [2.75, 3.05) is 7.05 Å². The van der Waals surface area contributed by atoms with E-state index in [9.17, 15) is 15.3 Å². The van der Waals surface area contributed by atoms with Gasteiger partial charge in [-0.1, -0.05) is 34.1 Å². The molecule has 6 nitrogen and oxygen atoms in total. The third kappa shape index (κ3) is 3.77. The summed E-state index contributed by atoms with van der Waals surface area (Å²) in [4.78, 5) is 14.8. The molecular formula is C25H21BrN4O2. The third-order valence-corrected chi connectivity index (χ3v) is 6.47. The smallest absolute Gasteiger partial charge is 0.161 e. The Morgan fingerprint density at radius 2 is 1.97 bits per heavy atom. The molecule has 7 heteroatoms. The molecule has 1 aliphatic heterocycles. The fourth-order valence-electron chi connectivity index (χ4n) is 4.36. The summed E-state index contributed by atoms with van der Waals surface area (Å²) < 4.78 is 6.95. The lowest BCUT2D eigenvalue weighted by molar-refractivity contribution is -0.116. The monoisotopic (exact) mass is 488 g/mol. The van der Waals surface area contributed by atoms with Crippen LogP contribution >= 0.6 is 15.9 Å². The molecule has 0 unspecified atom stereocenters. The Morgan fingerprint density at radius 1 is 1.19 bits per heavy atom. The maximum Gasteiger partial charge on any atom is 0.161 e. The molecule has 160 valence electrons. The first-order valence-corrected chi connectivity index (χ1v) is 11.1. The van der Waals surface area contributed by atoms with Gasteiger partial charge in [0, 0.05) is 40.3 Å². The standard InChI is InChI=1S/C25H21BrN4O2/c1-30-20-7-4-8-21(31)24(20)23(19(13-28)25(30)29)18-11-17(26)9-10-22(18)32-14-16-6-3-2-5-15(16)12-27/h2-3,5-6,9-11,23H,4,7-8,14,29H2,1H3/t23-/m1/s1. The molecule has 2 N–H and O–H groups in total. The maximum absolute atomic E-state index is 13.0. The zero-order valence-corrected chi connectivity index (χ0v) is 19.1. The molecule has 2 aromatic carbocycles. The van der Waals surface area contributed by atoms with E-state index in [0.717, 1.165) is 28.6 Å². The Bertz CT molecular complexity index is 1250. The van der Waals surface area contributed by atoms with Crippen molar-refractivity contribution in [2.45, 2.75) is 31.8 Å². The maximum atomic E-state index is 13.0. The Labute approximate surface area is 195 Å². The van der Waals surface area contributed by atoms with E-state index in [4.69, 9.17) is 10.5 Å². The van der Waals surface area contributed by atoms with Crippen LogP contribution in [0.4, 0.5) is 0 Å². The summed E-state index contributed by atoms with van der Waals surface area (Å²) in [6.45, 7) is 0.186. The van der Waals surface area contributed by atoms with Gasteiger partial charge >= 0.3 is 0 Å². The Morgan fingerprint density at radius 3 is 2.72 bits per heavy atom. The number of rotatable bonds is 4. The third-order valence-electron chi connectivity index (χ3n) is 5.97. The Hall–Kier alpha value is -3.55. The van der Waals surface area contributed by atoms with E-state index in [1.807, 2.05) is 30.3 Å². The van der Waals surface area contributed by atoms with Gasteiger partial charge in [-0.05, 0) is 37.1 Å². The van der Waals surface area contributed by atoms with Crippen LogP contribution in [-0.4, -0.2) is 17.7 Å². The molecule has 1 aliphatic carbocycles. The van der Waals surface area contributed by atoms with Gasteiger partial charge in [-0.25, -0.2) is 0 Å². The van der Waals surface area contributed by atoms with Gasteiger partial charge in [-0.3, -0.25) is 4.79 Å². The predicted molar refractivity (Wildman–Crippen MR) is 123 cm³/mol. The fourth-order valence-corrected chi connectivity index (χ4v) is 4.74. The zero-order valence-electron chi connectivity index (χ0n) is 17.6. The summed E-state index contributed by atoms with van der Waals surface area (Å²) in [5.74, 6) is 0.329. The number of nitrogens with two attached hydrogens (primary N) is 1. The number of ether oxygens (including phenoxy) is 1. The molecule has 1 heterocycles. The summed E-state index contributed by atoms with van der Waals surface area (Å²) in [5, 5.41) is 19.4. The van der Waals surface area contributed by atoms with Crippen LogP contribution in [0.2, 0.25) is 0 Å². The van der Waals surface area contributed by atoms with E-state index in [1.165, 1.54) is 0 Å². The van der Waals surface area contributed by atoms with E-state index < -0.39 is 5.92 Å². The number of allylic oxidation sites excluding steroid dienone is 3. The van der Waals surface area contributed by atoms with Crippen molar-refractivity contribution in [3.8, 4) is 17.9 Å². The second-order valence-corrected chi connectivity index (χ2v) is 8.70. The summed E-state index contributed by atoms with van der Waals surface area (Å²) in [5.41, 5.74) is 10.2. The van der Waals surface area contributed by atoms with Crippen molar-refractivity contribution >= 4 is 21.7 Å². The first kappa shape index (κ1) is 21.7. The lowest BCUT2D eigenvalue weighted by Gasteiger charge is -2.38. The molecule has 0 spiro atoms. The average molecular weight is 489 g/mol.